The van der Waals surface area contributed by atoms with Gasteiger partial charge in [-0.25, -0.2) is 0 Å². The van der Waals surface area contributed by atoms with Crippen LogP contribution in [0.1, 0.15) is 53.4 Å². The lowest BCUT2D eigenvalue weighted by Crippen LogP contribution is -2.47. The number of likely N-dealkylation sites (N-methyl/N-ethyl adjacent to an activating group) is 1. The molecule has 2 unspecified atom stereocenters. The molecule has 2 N–H and O–H groups in total. The molecule has 0 saturated carbocycles. The lowest BCUT2D eigenvalue weighted by atomic mass is 9.94. The van der Waals surface area contributed by atoms with Crippen molar-refractivity contribution in [3.05, 3.63) is 0 Å². The van der Waals surface area contributed by atoms with Crippen molar-refractivity contribution in [2.45, 2.75) is 65.5 Å². The summed E-state index contributed by atoms with van der Waals surface area (Å²) in [6.45, 7) is 9.90. The van der Waals surface area contributed by atoms with E-state index < -0.39 is 0 Å². The van der Waals surface area contributed by atoms with Crippen LogP contribution in [0.15, 0.2) is 0 Å². The van der Waals surface area contributed by atoms with E-state index >= 15 is 0 Å². The second-order valence-corrected chi connectivity index (χ2v) is 4.70. The van der Waals surface area contributed by atoms with Gasteiger partial charge in [0.05, 0.1) is 0 Å². The van der Waals surface area contributed by atoms with E-state index in [0.29, 0.717) is 18.0 Å². The molecule has 2 heteroatoms. The van der Waals surface area contributed by atoms with Crippen molar-refractivity contribution in [2.24, 2.45) is 11.7 Å². The highest BCUT2D eigenvalue weighted by molar-refractivity contribution is 4.79. The van der Waals surface area contributed by atoms with Gasteiger partial charge in [0.2, 0.25) is 0 Å². The standard InChI is InChI=1S/C13H30N2/c1-6-9-11(4)13(10-14)15(5)12(7-2)8-3/h11-13H,6-10,14H2,1-5H3. The molecule has 92 valence electrons. The largest absolute Gasteiger partial charge is 0.329 e. The molecule has 0 aromatic carbocycles. The van der Waals surface area contributed by atoms with Crippen molar-refractivity contribution in [3.8, 4) is 0 Å². The van der Waals surface area contributed by atoms with Gasteiger partial charge in [-0.15, -0.1) is 0 Å². The predicted molar refractivity (Wildman–Crippen MR) is 69.0 cm³/mol. The van der Waals surface area contributed by atoms with Crippen LogP contribution >= 0.6 is 0 Å². The van der Waals surface area contributed by atoms with Gasteiger partial charge >= 0.3 is 0 Å². The highest BCUT2D eigenvalue weighted by atomic mass is 15.2. The highest BCUT2D eigenvalue weighted by Crippen LogP contribution is 2.19. The van der Waals surface area contributed by atoms with E-state index in [1.165, 1.54) is 25.7 Å². The van der Waals surface area contributed by atoms with E-state index in [1.54, 1.807) is 0 Å². The van der Waals surface area contributed by atoms with E-state index in [0.717, 1.165) is 6.54 Å². The first-order chi connectivity index (χ1) is 7.12. The Hall–Kier alpha value is -0.0800. The third-order valence-electron chi connectivity index (χ3n) is 3.68. The molecule has 0 bridgehead atoms. The molecule has 15 heavy (non-hydrogen) atoms. The molecule has 0 radical (unpaired) electrons. The average molecular weight is 214 g/mol. The van der Waals surface area contributed by atoms with Crippen LogP contribution in [-0.4, -0.2) is 30.6 Å². The van der Waals surface area contributed by atoms with E-state index in [1.807, 2.05) is 0 Å². The summed E-state index contributed by atoms with van der Waals surface area (Å²) < 4.78 is 0. The molecule has 0 rings (SSSR count). The summed E-state index contributed by atoms with van der Waals surface area (Å²) in [6.07, 6.45) is 4.99. The van der Waals surface area contributed by atoms with Crippen LogP contribution in [0.4, 0.5) is 0 Å². The topological polar surface area (TPSA) is 29.3 Å². The SMILES string of the molecule is CCCC(C)C(CN)N(C)C(CC)CC. The Kier molecular flexibility index (Phi) is 8.07. The monoisotopic (exact) mass is 214 g/mol. The molecule has 2 nitrogen and oxygen atoms in total. The summed E-state index contributed by atoms with van der Waals surface area (Å²) in [5, 5.41) is 0. The van der Waals surface area contributed by atoms with Crippen LogP contribution in [0, 0.1) is 5.92 Å². The fraction of sp³-hybridized carbons (Fsp3) is 1.00. The first-order valence-corrected chi connectivity index (χ1v) is 6.54. The minimum Gasteiger partial charge on any atom is -0.329 e. The Morgan fingerprint density at radius 2 is 1.67 bits per heavy atom. The van der Waals surface area contributed by atoms with E-state index in [9.17, 15) is 0 Å². The van der Waals surface area contributed by atoms with Gasteiger partial charge in [0.25, 0.3) is 0 Å². The van der Waals surface area contributed by atoms with Gasteiger partial charge in [-0.05, 0) is 32.2 Å². The lowest BCUT2D eigenvalue weighted by molar-refractivity contribution is 0.123. The molecule has 0 fully saturated rings. The average Bonchev–Trinajstić information content (AvgIpc) is 2.21. The molecule has 0 spiro atoms. The fourth-order valence-corrected chi connectivity index (χ4v) is 2.58. The predicted octanol–water partition coefficient (Wildman–Crippen LogP) is 2.87. The quantitative estimate of drug-likeness (QED) is 0.673. The van der Waals surface area contributed by atoms with Crippen LogP contribution in [0.25, 0.3) is 0 Å². The number of hydrogen-bond donors (Lipinski definition) is 1. The highest BCUT2D eigenvalue weighted by Gasteiger charge is 2.23. The maximum absolute atomic E-state index is 5.91. The van der Waals surface area contributed by atoms with Gasteiger partial charge in [-0.3, -0.25) is 4.90 Å². The summed E-state index contributed by atoms with van der Waals surface area (Å²) in [6, 6.07) is 1.24. The summed E-state index contributed by atoms with van der Waals surface area (Å²) in [7, 11) is 2.24. The maximum atomic E-state index is 5.91. The molecule has 0 heterocycles. The lowest BCUT2D eigenvalue weighted by Gasteiger charge is -2.37. The molecule has 0 aromatic heterocycles. The maximum Gasteiger partial charge on any atom is 0.0243 e. The van der Waals surface area contributed by atoms with Crippen molar-refractivity contribution in [1.29, 1.82) is 0 Å². The second-order valence-electron chi connectivity index (χ2n) is 4.70. The first-order valence-electron chi connectivity index (χ1n) is 6.54. The fourth-order valence-electron chi connectivity index (χ4n) is 2.58. The van der Waals surface area contributed by atoms with Gasteiger partial charge in [0, 0.05) is 18.6 Å². The van der Waals surface area contributed by atoms with Crippen molar-refractivity contribution < 1.29 is 0 Å². The molecule has 0 aliphatic heterocycles. The van der Waals surface area contributed by atoms with E-state index in [4.69, 9.17) is 5.73 Å². The van der Waals surface area contributed by atoms with Gasteiger partial charge in [0.1, 0.15) is 0 Å². The van der Waals surface area contributed by atoms with Crippen molar-refractivity contribution in [3.63, 3.8) is 0 Å². The summed E-state index contributed by atoms with van der Waals surface area (Å²) >= 11 is 0. The second kappa shape index (κ2) is 8.12. The van der Waals surface area contributed by atoms with Crippen LogP contribution in [0.2, 0.25) is 0 Å². The summed E-state index contributed by atoms with van der Waals surface area (Å²) in [5.41, 5.74) is 5.91. The minimum atomic E-state index is 0.551. The van der Waals surface area contributed by atoms with Crippen LogP contribution in [-0.2, 0) is 0 Å². The molecule has 0 saturated heterocycles. The zero-order valence-electron chi connectivity index (χ0n) is 11.3. The van der Waals surface area contributed by atoms with E-state index in [2.05, 4.69) is 39.6 Å². The Labute approximate surface area is 96.2 Å². The molecule has 2 atom stereocenters. The first kappa shape index (κ1) is 14.9. The Bertz CT molecular complexity index is 143. The van der Waals surface area contributed by atoms with Crippen LogP contribution in [0.5, 0.6) is 0 Å². The number of hydrogen-bond acceptors (Lipinski definition) is 2. The summed E-state index contributed by atoms with van der Waals surface area (Å²) in [4.78, 5) is 2.50. The van der Waals surface area contributed by atoms with Gasteiger partial charge < -0.3 is 5.73 Å². The molecule has 0 amide bonds. The normalized spacial score (nSPS) is 16.0. The molecule has 0 aliphatic carbocycles. The number of nitrogens with two attached hydrogens (primary N) is 1. The minimum absolute atomic E-state index is 0.551. The number of rotatable bonds is 8. The molecule has 0 aliphatic rings. The Morgan fingerprint density at radius 1 is 1.13 bits per heavy atom. The van der Waals surface area contributed by atoms with Crippen LogP contribution < -0.4 is 5.73 Å². The zero-order valence-corrected chi connectivity index (χ0v) is 11.3. The van der Waals surface area contributed by atoms with Crippen molar-refractivity contribution in [1.82, 2.24) is 4.90 Å². The molecular weight excluding hydrogens is 184 g/mol. The van der Waals surface area contributed by atoms with Gasteiger partial charge in [0.15, 0.2) is 0 Å². The third-order valence-corrected chi connectivity index (χ3v) is 3.68. The van der Waals surface area contributed by atoms with Gasteiger partial charge in [-0.1, -0.05) is 34.1 Å². The van der Waals surface area contributed by atoms with E-state index in [-0.39, 0.29) is 0 Å². The van der Waals surface area contributed by atoms with Crippen molar-refractivity contribution >= 4 is 0 Å². The van der Waals surface area contributed by atoms with Gasteiger partial charge in [-0.2, -0.15) is 0 Å². The summed E-state index contributed by atoms with van der Waals surface area (Å²) in [5.74, 6) is 0.714. The smallest absolute Gasteiger partial charge is 0.0243 e. The molecular formula is C13H30N2. The third kappa shape index (κ3) is 4.52. The molecule has 0 aromatic rings. The number of nitrogens with zero attached hydrogens (tertiary/aromatic N) is 1. The zero-order chi connectivity index (χ0) is 11.8. The Balaban J connectivity index is 4.36. The van der Waals surface area contributed by atoms with Crippen LogP contribution in [0.3, 0.4) is 0 Å². The Morgan fingerprint density at radius 3 is 2.00 bits per heavy atom. The van der Waals surface area contributed by atoms with Crippen molar-refractivity contribution in [2.75, 3.05) is 13.6 Å².